The number of anilines is 3. The van der Waals surface area contributed by atoms with Gasteiger partial charge in [0.2, 0.25) is 0 Å². The molecule has 13 heteroatoms. The summed E-state index contributed by atoms with van der Waals surface area (Å²) in [5.41, 5.74) is 3.49. The van der Waals surface area contributed by atoms with Crippen molar-refractivity contribution in [1.82, 2.24) is 19.0 Å². The molecule has 0 bridgehead atoms. The number of halogens is 2. The fourth-order valence-electron chi connectivity index (χ4n) is 4.44. The topological polar surface area (TPSA) is 159 Å². The van der Waals surface area contributed by atoms with E-state index in [2.05, 4.69) is 4.98 Å². The van der Waals surface area contributed by atoms with Gasteiger partial charge in [0.05, 0.1) is 40.6 Å². The molecule has 2 aromatic heterocycles. The first-order valence-corrected chi connectivity index (χ1v) is 11.7. The van der Waals surface area contributed by atoms with E-state index in [9.17, 15) is 28.7 Å². The van der Waals surface area contributed by atoms with Crippen LogP contribution in [-0.2, 0) is 13.1 Å². The number of benzene rings is 1. The first-order chi connectivity index (χ1) is 17.8. The highest BCUT2D eigenvalue weighted by Gasteiger charge is 2.38. The van der Waals surface area contributed by atoms with Crippen molar-refractivity contribution in [2.24, 2.45) is 11.8 Å². The molecular formula is C25H28F2N8O3. The van der Waals surface area contributed by atoms with Gasteiger partial charge in [-0.2, -0.15) is 5.26 Å². The summed E-state index contributed by atoms with van der Waals surface area (Å²) in [6.45, 7) is 5.60. The molecular weight excluding hydrogens is 498 g/mol. The molecule has 4 rings (SSSR count). The van der Waals surface area contributed by atoms with E-state index in [4.69, 9.17) is 11.6 Å². The molecule has 38 heavy (non-hydrogen) atoms. The average Bonchev–Trinajstić information content (AvgIpc) is 2.79. The molecule has 0 radical (unpaired) electrons. The molecule has 1 saturated heterocycles. The van der Waals surface area contributed by atoms with Gasteiger partial charge in [-0.15, -0.1) is 0 Å². The van der Waals surface area contributed by atoms with Gasteiger partial charge in [0, 0.05) is 43.9 Å². The van der Waals surface area contributed by atoms with Crippen molar-refractivity contribution < 1.29 is 13.9 Å². The molecule has 3 heterocycles. The molecule has 5 N–H and O–H groups in total. The second-order valence-corrected chi connectivity index (χ2v) is 9.92. The quantitative estimate of drug-likeness (QED) is 0.234. The molecule has 0 aliphatic carbocycles. The summed E-state index contributed by atoms with van der Waals surface area (Å²) < 4.78 is 29.9. The Balaban J connectivity index is 1.97. The zero-order valence-electron chi connectivity index (χ0n) is 21.2. The summed E-state index contributed by atoms with van der Waals surface area (Å²) in [6.07, 6.45) is 2.85. The lowest BCUT2D eigenvalue weighted by atomic mass is 9.84. The van der Waals surface area contributed by atoms with Gasteiger partial charge in [0.15, 0.2) is 11.6 Å². The van der Waals surface area contributed by atoms with Crippen molar-refractivity contribution in [1.29, 1.82) is 5.26 Å². The standard InChI is InChI=1S/C25H28F2N8O3/c1-14-6-16(10-31-9-14)34-23(36)22(35(30)20-8-18(27)17(26)7-19(20)29)21(33(5-4-28)24(34)37)13-32-11-15(12-32)25(2,3)38/h6-10,15,38H,5,11-13,29-30H2,1-3H3. The Morgan fingerprint density at radius 3 is 2.47 bits per heavy atom. The summed E-state index contributed by atoms with van der Waals surface area (Å²) in [5.74, 6) is 3.84. The number of nitrogens with two attached hydrogens (primary N) is 2. The maximum atomic E-state index is 14.2. The van der Waals surface area contributed by atoms with E-state index in [0.29, 0.717) is 18.7 Å². The predicted octanol–water partition coefficient (Wildman–Crippen LogP) is 1.30. The van der Waals surface area contributed by atoms with E-state index in [1.807, 2.05) is 11.0 Å². The molecule has 0 saturated carbocycles. The Labute approximate surface area is 216 Å². The number of aliphatic hydroxyl groups is 1. The Hall–Kier alpha value is -4.12. The van der Waals surface area contributed by atoms with Crippen LogP contribution in [0.2, 0.25) is 0 Å². The Morgan fingerprint density at radius 2 is 1.87 bits per heavy atom. The highest BCUT2D eigenvalue weighted by atomic mass is 19.2. The van der Waals surface area contributed by atoms with Crippen molar-refractivity contribution in [2.45, 2.75) is 39.5 Å². The van der Waals surface area contributed by atoms with Crippen molar-refractivity contribution in [3.63, 3.8) is 0 Å². The van der Waals surface area contributed by atoms with Crippen LogP contribution >= 0.6 is 0 Å². The minimum atomic E-state index is -1.24. The Bertz CT molecular complexity index is 1550. The predicted molar refractivity (Wildman–Crippen MR) is 137 cm³/mol. The molecule has 11 nitrogen and oxygen atoms in total. The SMILES string of the molecule is Cc1cncc(-n2c(=O)c(N(N)c3cc(F)c(F)cc3N)c(CN3CC(C(C)(C)O)C3)n(CC#N)c2=O)c1. The number of pyridine rings is 1. The minimum Gasteiger partial charge on any atom is -0.397 e. The second kappa shape index (κ2) is 9.97. The molecule has 3 aromatic rings. The van der Waals surface area contributed by atoms with Crippen LogP contribution in [0.15, 0.2) is 40.2 Å². The van der Waals surface area contributed by atoms with Crippen LogP contribution in [0.4, 0.5) is 25.8 Å². The van der Waals surface area contributed by atoms with Crippen molar-refractivity contribution in [2.75, 3.05) is 23.8 Å². The number of nitriles is 1. The number of hydrogen-bond donors (Lipinski definition) is 3. The third kappa shape index (κ3) is 4.89. The Morgan fingerprint density at radius 1 is 1.21 bits per heavy atom. The number of nitrogen functional groups attached to an aromatic ring is 1. The van der Waals surface area contributed by atoms with Crippen molar-refractivity contribution >= 4 is 17.1 Å². The molecule has 1 aliphatic heterocycles. The molecule has 0 atom stereocenters. The van der Waals surface area contributed by atoms with Crippen molar-refractivity contribution in [3.8, 4) is 11.8 Å². The number of nitrogens with zero attached hydrogens (tertiary/aromatic N) is 6. The maximum Gasteiger partial charge on any atom is 0.336 e. The molecule has 1 fully saturated rings. The van der Waals surface area contributed by atoms with Gasteiger partial charge in [-0.25, -0.2) is 24.0 Å². The summed E-state index contributed by atoms with van der Waals surface area (Å²) >= 11 is 0. The number of hydrazine groups is 1. The molecule has 0 spiro atoms. The van der Waals surface area contributed by atoms with Crippen LogP contribution in [0.3, 0.4) is 0 Å². The number of hydrogen-bond acceptors (Lipinski definition) is 9. The van der Waals surface area contributed by atoms with Gasteiger partial charge in [-0.1, -0.05) is 0 Å². The van der Waals surface area contributed by atoms with Gasteiger partial charge in [0.25, 0.3) is 5.56 Å². The lowest BCUT2D eigenvalue weighted by Gasteiger charge is -2.45. The highest BCUT2D eigenvalue weighted by molar-refractivity contribution is 5.74. The number of aryl methyl sites for hydroxylation is 1. The third-order valence-corrected chi connectivity index (χ3v) is 6.67. The molecule has 0 amide bonds. The monoisotopic (exact) mass is 526 g/mol. The largest absolute Gasteiger partial charge is 0.397 e. The fourth-order valence-corrected chi connectivity index (χ4v) is 4.44. The summed E-state index contributed by atoms with van der Waals surface area (Å²) in [7, 11) is 0. The van der Waals surface area contributed by atoms with Gasteiger partial charge in [0.1, 0.15) is 12.2 Å². The van der Waals surface area contributed by atoms with Crippen LogP contribution in [0.1, 0.15) is 25.1 Å². The van der Waals surface area contributed by atoms with E-state index in [1.165, 1.54) is 12.4 Å². The minimum absolute atomic E-state index is 0.0122. The number of aromatic nitrogens is 3. The third-order valence-electron chi connectivity index (χ3n) is 6.67. The summed E-state index contributed by atoms with van der Waals surface area (Å²) in [6, 6.07) is 4.98. The Kier molecular flexibility index (Phi) is 7.07. The number of rotatable bonds is 7. The van der Waals surface area contributed by atoms with E-state index >= 15 is 0 Å². The average molecular weight is 527 g/mol. The smallest absolute Gasteiger partial charge is 0.336 e. The van der Waals surface area contributed by atoms with Crippen LogP contribution in [0.5, 0.6) is 0 Å². The lowest BCUT2D eigenvalue weighted by Crippen LogP contribution is -2.56. The number of likely N-dealkylation sites (tertiary alicyclic amines) is 1. The van der Waals surface area contributed by atoms with Gasteiger partial charge < -0.3 is 10.8 Å². The van der Waals surface area contributed by atoms with Gasteiger partial charge >= 0.3 is 5.69 Å². The first kappa shape index (κ1) is 26.9. The summed E-state index contributed by atoms with van der Waals surface area (Å²) in [5, 5.41) is 20.7. The van der Waals surface area contributed by atoms with E-state index in [1.54, 1.807) is 26.8 Å². The van der Waals surface area contributed by atoms with Crippen LogP contribution in [0, 0.1) is 35.8 Å². The summed E-state index contributed by atoms with van der Waals surface area (Å²) in [4.78, 5) is 33.4. The second-order valence-electron chi connectivity index (χ2n) is 9.92. The lowest BCUT2D eigenvalue weighted by molar-refractivity contribution is -0.0654. The molecule has 1 aliphatic rings. The first-order valence-electron chi connectivity index (χ1n) is 11.7. The van der Waals surface area contributed by atoms with E-state index in [0.717, 1.165) is 26.3 Å². The fraction of sp³-hybridized carbons (Fsp3) is 0.360. The van der Waals surface area contributed by atoms with Gasteiger partial charge in [-0.3, -0.25) is 24.3 Å². The van der Waals surface area contributed by atoms with E-state index < -0.39 is 35.0 Å². The normalized spacial score (nSPS) is 14.3. The van der Waals surface area contributed by atoms with E-state index in [-0.39, 0.29) is 40.9 Å². The zero-order valence-corrected chi connectivity index (χ0v) is 21.2. The maximum absolute atomic E-state index is 14.2. The zero-order chi connectivity index (χ0) is 27.9. The van der Waals surface area contributed by atoms with Gasteiger partial charge in [-0.05, 0) is 32.4 Å². The molecule has 1 aromatic carbocycles. The highest BCUT2D eigenvalue weighted by Crippen LogP contribution is 2.33. The molecule has 0 unspecified atom stereocenters. The van der Waals surface area contributed by atoms with Crippen molar-refractivity contribution in [3.05, 3.63) is 74.3 Å². The van der Waals surface area contributed by atoms with Crippen LogP contribution in [-0.4, -0.2) is 42.8 Å². The molecule has 200 valence electrons. The van der Waals surface area contributed by atoms with Crippen LogP contribution < -0.4 is 27.8 Å². The van der Waals surface area contributed by atoms with Crippen LogP contribution in [0.25, 0.3) is 5.69 Å².